The molecule has 0 spiro atoms. The number of aliphatic hydroxyl groups is 1. The SMILES string of the molecule is CC(C)(C)c1cc([CH]O)cc([N+](=O)[O-])c1. The lowest BCUT2D eigenvalue weighted by Crippen LogP contribution is -2.12. The predicted octanol–water partition coefficient (Wildman–Crippen LogP) is 2.77. The summed E-state index contributed by atoms with van der Waals surface area (Å²) in [5.74, 6) is 0. The Bertz CT molecular complexity index is 380. The Labute approximate surface area is 88.7 Å². The Balaban J connectivity index is 3.30. The number of nitro groups is 1. The maximum atomic E-state index is 10.7. The molecule has 0 fully saturated rings. The zero-order chi connectivity index (χ0) is 11.6. The molecule has 1 rings (SSSR count). The molecule has 0 aromatic heterocycles. The average molecular weight is 208 g/mol. The molecule has 81 valence electrons. The second-order valence-electron chi connectivity index (χ2n) is 4.45. The molecule has 0 amide bonds. The fourth-order valence-electron chi connectivity index (χ4n) is 1.25. The van der Waals surface area contributed by atoms with Crippen molar-refractivity contribution in [2.75, 3.05) is 0 Å². The second-order valence-corrected chi connectivity index (χ2v) is 4.45. The van der Waals surface area contributed by atoms with Crippen molar-refractivity contribution in [3.8, 4) is 0 Å². The summed E-state index contributed by atoms with van der Waals surface area (Å²) < 4.78 is 0. The molecule has 0 aliphatic rings. The van der Waals surface area contributed by atoms with Crippen molar-refractivity contribution < 1.29 is 10.0 Å². The monoisotopic (exact) mass is 208 g/mol. The summed E-state index contributed by atoms with van der Waals surface area (Å²) in [6.45, 7) is 6.77. The molecule has 4 nitrogen and oxygen atoms in total. The molecular weight excluding hydrogens is 194 g/mol. The normalized spacial score (nSPS) is 11.5. The summed E-state index contributed by atoms with van der Waals surface area (Å²) in [5.41, 5.74) is 1.11. The van der Waals surface area contributed by atoms with E-state index in [4.69, 9.17) is 5.11 Å². The first kappa shape index (κ1) is 11.7. The Morgan fingerprint density at radius 2 is 1.93 bits per heavy atom. The van der Waals surface area contributed by atoms with E-state index in [9.17, 15) is 10.1 Å². The van der Waals surface area contributed by atoms with Crippen molar-refractivity contribution in [2.24, 2.45) is 0 Å². The number of benzene rings is 1. The molecule has 1 aromatic rings. The zero-order valence-corrected chi connectivity index (χ0v) is 9.02. The van der Waals surface area contributed by atoms with Crippen LogP contribution in [0.1, 0.15) is 31.9 Å². The average Bonchev–Trinajstić information content (AvgIpc) is 2.15. The van der Waals surface area contributed by atoms with E-state index in [0.717, 1.165) is 12.2 Å². The molecule has 0 unspecified atom stereocenters. The van der Waals surface area contributed by atoms with Gasteiger partial charge >= 0.3 is 0 Å². The summed E-state index contributed by atoms with van der Waals surface area (Å²) in [5, 5.41) is 19.5. The van der Waals surface area contributed by atoms with E-state index in [1.807, 2.05) is 20.8 Å². The first-order valence-electron chi connectivity index (χ1n) is 4.62. The van der Waals surface area contributed by atoms with Crippen molar-refractivity contribution in [1.29, 1.82) is 0 Å². The van der Waals surface area contributed by atoms with E-state index in [1.165, 1.54) is 12.1 Å². The molecular formula is C11H14NO3. The van der Waals surface area contributed by atoms with Gasteiger partial charge in [0.25, 0.3) is 5.69 Å². The number of hydrogen-bond donors (Lipinski definition) is 1. The van der Waals surface area contributed by atoms with Gasteiger partial charge in [0.15, 0.2) is 0 Å². The summed E-state index contributed by atoms with van der Waals surface area (Å²) in [4.78, 5) is 10.2. The first-order chi connectivity index (χ1) is 6.84. The van der Waals surface area contributed by atoms with E-state index in [2.05, 4.69) is 0 Å². The molecule has 1 aromatic carbocycles. The first-order valence-corrected chi connectivity index (χ1v) is 4.62. The Kier molecular flexibility index (Phi) is 3.09. The van der Waals surface area contributed by atoms with E-state index in [-0.39, 0.29) is 11.1 Å². The number of nitro benzene ring substituents is 1. The lowest BCUT2D eigenvalue weighted by molar-refractivity contribution is -0.385. The Hall–Kier alpha value is -1.42. The highest BCUT2D eigenvalue weighted by Crippen LogP contribution is 2.27. The van der Waals surface area contributed by atoms with Gasteiger partial charge in [-0.2, -0.15) is 0 Å². The van der Waals surface area contributed by atoms with Gasteiger partial charge in [-0.25, -0.2) is 0 Å². The number of nitrogens with zero attached hydrogens (tertiary/aromatic N) is 1. The van der Waals surface area contributed by atoms with Crippen LogP contribution in [0.15, 0.2) is 18.2 Å². The third-order valence-electron chi connectivity index (χ3n) is 2.17. The minimum absolute atomic E-state index is 0.00252. The van der Waals surface area contributed by atoms with Crippen molar-refractivity contribution in [3.63, 3.8) is 0 Å². The smallest absolute Gasteiger partial charge is 0.270 e. The predicted molar refractivity (Wildman–Crippen MR) is 57.1 cm³/mol. The number of hydrogen-bond acceptors (Lipinski definition) is 3. The number of rotatable bonds is 2. The van der Waals surface area contributed by atoms with Gasteiger partial charge in [-0.1, -0.05) is 26.8 Å². The molecule has 0 aliphatic heterocycles. The largest absolute Gasteiger partial charge is 0.385 e. The second kappa shape index (κ2) is 3.98. The lowest BCUT2D eigenvalue weighted by Gasteiger charge is -2.19. The van der Waals surface area contributed by atoms with Gasteiger partial charge in [0, 0.05) is 12.1 Å². The molecule has 0 saturated heterocycles. The molecule has 4 heteroatoms. The van der Waals surface area contributed by atoms with Crippen molar-refractivity contribution >= 4 is 5.69 Å². The van der Waals surface area contributed by atoms with E-state index in [0.29, 0.717) is 5.56 Å². The van der Waals surface area contributed by atoms with Crippen LogP contribution in [0, 0.1) is 16.7 Å². The van der Waals surface area contributed by atoms with Gasteiger partial charge < -0.3 is 5.11 Å². The molecule has 0 saturated carbocycles. The molecule has 15 heavy (non-hydrogen) atoms. The summed E-state index contributed by atoms with van der Waals surface area (Å²) in [7, 11) is 0. The van der Waals surface area contributed by atoms with Gasteiger partial charge in [-0.15, -0.1) is 0 Å². The van der Waals surface area contributed by atoms with Crippen molar-refractivity contribution in [3.05, 3.63) is 46.0 Å². The molecule has 0 heterocycles. The fourth-order valence-corrected chi connectivity index (χ4v) is 1.25. The minimum Gasteiger partial charge on any atom is -0.385 e. The van der Waals surface area contributed by atoms with Gasteiger partial charge in [-0.05, 0) is 16.5 Å². The highest BCUT2D eigenvalue weighted by Gasteiger charge is 2.18. The molecule has 1 N–H and O–H groups in total. The topological polar surface area (TPSA) is 63.4 Å². The lowest BCUT2D eigenvalue weighted by atomic mass is 9.86. The van der Waals surface area contributed by atoms with Gasteiger partial charge in [0.2, 0.25) is 0 Å². The van der Waals surface area contributed by atoms with Crippen LogP contribution in [0.25, 0.3) is 0 Å². The molecule has 0 atom stereocenters. The van der Waals surface area contributed by atoms with Crippen LogP contribution in [0.4, 0.5) is 5.69 Å². The summed E-state index contributed by atoms with van der Waals surface area (Å²) in [6.07, 6.45) is 0. The van der Waals surface area contributed by atoms with E-state index in [1.54, 1.807) is 6.07 Å². The van der Waals surface area contributed by atoms with Crippen LogP contribution in [0.2, 0.25) is 0 Å². The van der Waals surface area contributed by atoms with Gasteiger partial charge in [0.1, 0.15) is 6.61 Å². The van der Waals surface area contributed by atoms with Gasteiger partial charge in [-0.3, -0.25) is 10.1 Å². The molecule has 1 radical (unpaired) electrons. The van der Waals surface area contributed by atoms with Crippen LogP contribution >= 0.6 is 0 Å². The van der Waals surface area contributed by atoms with E-state index >= 15 is 0 Å². The highest BCUT2D eigenvalue weighted by atomic mass is 16.6. The number of aliphatic hydroxyl groups excluding tert-OH is 1. The van der Waals surface area contributed by atoms with Crippen molar-refractivity contribution in [2.45, 2.75) is 26.2 Å². The highest BCUT2D eigenvalue weighted by molar-refractivity contribution is 5.43. The van der Waals surface area contributed by atoms with Crippen LogP contribution in [-0.2, 0) is 5.41 Å². The van der Waals surface area contributed by atoms with Crippen LogP contribution in [0.3, 0.4) is 0 Å². The maximum Gasteiger partial charge on any atom is 0.270 e. The third-order valence-corrected chi connectivity index (χ3v) is 2.17. The summed E-state index contributed by atoms with van der Waals surface area (Å²) in [6, 6.07) is 4.62. The minimum atomic E-state index is -0.456. The van der Waals surface area contributed by atoms with E-state index < -0.39 is 4.92 Å². The quantitative estimate of drug-likeness (QED) is 0.600. The van der Waals surface area contributed by atoms with Crippen LogP contribution < -0.4 is 0 Å². The van der Waals surface area contributed by atoms with Crippen LogP contribution in [0.5, 0.6) is 0 Å². The molecule has 0 aliphatic carbocycles. The number of non-ortho nitro benzene ring substituents is 1. The third kappa shape index (κ3) is 2.76. The Morgan fingerprint density at radius 3 is 2.33 bits per heavy atom. The standard InChI is InChI=1S/C11H14NO3/c1-11(2,3)9-4-8(7-13)5-10(6-9)12(14)15/h4-7,13H,1-3H3. The van der Waals surface area contributed by atoms with Gasteiger partial charge in [0.05, 0.1) is 4.92 Å². The van der Waals surface area contributed by atoms with Crippen molar-refractivity contribution in [1.82, 2.24) is 0 Å². The fraction of sp³-hybridized carbons (Fsp3) is 0.364. The zero-order valence-electron chi connectivity index (χ0n) is 9.02. The summed E-state index contributed by atoms with van der Waals surface area (Å²) >= 11 is 0. The molecule has 0 bridgehead atoms. The Morgan fingerprint density at radius 1 is 1.33 bits per heavy atom. The van der Waals surface area contributed by atoms with Crippen LogP contribution in [-0.4, -0.2) is 10.0 Å². The maximum absolute atomic E-state index is 10.7.